The summed E-state index contributed by atoms with van der Waals surface area (Å²) in [6.45, 7) is 1.29. The van der Waals surface area contributed by atoms with E-state index in [0.717, 1.165) is 67.2 Å². The highest BCUT2D eigenvalue weighted by Crippen LogP contribution is 2.38. The first-order valence-corrected chi connectivity index (χ1v) is 11.9. The van der Waals surface area contributed by atoms with E-state index in [9.17, 15) is 9.59 Å². The summed E-state index contributed by atoms with van der Waals surface area (Å²) >= 11 is 1.56. The van der Waals surface area contributed by atoms with E-state index in [2.05, 4.69) is 15.6 Å². The Labute approximate surface area is 185 Å². The Morgan fingerprint density at radius 1 is 1.16 bits per heavy atom. The third-order valence-electron chi connectivity index (χ3n) is 6.19. The number of aromatic nitrogens is 1. The number of carbonyl (C=O) groups is 2. The Morgan fingerprint density at radius 2 is 2.03 bits per heavy atom. The fourth-order valence-corrected chi connectivity index (χ4v) is 5.92. The van der Waals surface area contributed by atoms with Crippen molar-refractivity contribution in [3.63, 3.8) is 0 Å². The summed E-state index contributed by atoms with van der Waals surface area (Å²) in [5.41, 5.74) is 3.75. The first-order valence-electron chi connectivity index (χ1n) is 11.1. The van der Waals surface area contributed by atoms with Gasteiger partial charge in [-0.3, -0.25) is 9.59 Å². The van der Waals surface area contributed by atoms with Gasteiger partial charge in [-0.2, -0.15) is 0 Å². The van der Waals surface area contributed by atoms with Crippen molar-refractivity contribution < 1.29 is 14.3 Å². The fraction of sp³-hybridized carbons (Fsp3) is 0.417. The molecule has 7 heteroatoms. The number of thiophene rings is 1. The normalized spacial score (nSPS) is 18.1. The molecule has 0 saturated carbocycles. The molecule has 1 aliphatic carbocycles. The molecule has 3 N–H and O–H groups in total. The number of anilines is 1. The second-order valence-corrected chi connectivity index (χ2v) is 9.45. The molecule has 1 aromatic carbocycles. The van der Waals surface area contributed by atoms with Gasteiger partial charge in [0, 0.05) is 35.1 Å². The van der Waals surface area contributed by atoms with E-state index in [0.29, 0.717) is 17.1 Å². The van der Waals surface area contributed by atoms with Crippen LogP contribution in [0.1, 0.15) is 52.0 Å². The summed E-state index contributed by atoms with van der Waals surface area (Å²) in [5.74, 6) is -0.200. The second-order valence-electron chi connectivity index (χ2n) is 8.34. The van der Waals surface area contributed by atoms with Gasteiger partial charge in [0.15, 0.2) is 0 Å². The summed E-state index contributed by atoms with van der Waals surface area (Å²) in [7, 11) is 0. The highest BCUT2D eigenvalue weighted by atomic mass is 32.1. The van der Waals surface area contributed by atoms with Crippen LogP contribution in [0.2, 0.25) is 0 Å². The number of rotatable bonds is 6. The number of aromatic amines is 1. The number of nitrogens with one attached hydrogen (secondary N) is 3. The number of aryl methyl sites for hydroxylation is 1. The number of para-hydroxylation sites is 1. The number of hydrogen-bond donors (Lipinski definition) is 3. The van der Waals surface area contributed by atoms with Crippen LogP contribution in [-0.2, 0) is 28.8 Å². The van der Waals surface area contributed by atoms with Crippen molar-refractivity contribution in [3.8, 4) is 0 Å². The smallest absolute Gasteiger partial charge is 0.254 e. The van der Waals surface area contributed by atoms with Gasteiger partial charge < -0.3 is 20.4 Å². The molecule has 162 valence electrons. The molecule has 2 aromatic heterocycles. The van der Waals surface area contributed by atoms with Crippen LogP contribution in [0, 0.1) is 0 Å². The zero-order valence-electron chi connectivity index (χ0n) is 17.5. The maximum atomic E-state index is 13.1. The molecular weight excluding hydrogens is 410 g/mol. The molecule has 1 aliphatic heterocycles. The monoisotopic (exact) mass is 437 g/mol. The molecule has 2 aliphatic rings. The molecule has 1 fully saturated rings. The van der Waals surface area contributed by atoms with E-state index < -0.39 is 0 Å². The molecule has 5 rings (SSSR count). The molecule has 3 aromatic rings. The first-order chi connectivity index (χ1) is 15.2. The van der Waals surface area contributed by atoms with Crippen LogP contribution in [0.3, 0.4) is 0 Å². The quantitative estimate of drug-likeness (QED) is 0.541. The van der Waals surface area contributed by atoms with Crippen molar-refractivity contribution in [2.45, 2.75) is 51.0 Å². The third-order valence-corrected chi connectivity index (χ3v) is 7.40. The minimum absolute atomic E-state index is 0.0957. The van der Waals surface area contributed by atoms with E-state index in [-0.39, 0.29) is 24.3 Å². The SMILES string of the molecule is O=C(Cc1c[nH]c2ccccc12)Nc1sc2c(c1C(=O)NC[C@@H]1CCCO1)CCCC2. The average molecular weight is 438 g/mol. The molecule has 1 saturated heterocycles. The highest BCUT2D eigenvalue weighted by molar-refractivity contribution is 7.17. The van der Waals surface area contributed by atoms with Crippen LogP contribution >= 0.6 is 11.3 Å². The minimum atomic E-state index is -0.100. The summed E-state index contributed by atoms with van der Waals surface area (Å²) < 4.78 is 5.64. The van der Waals surface area contributed by atoms with Crippen LogP contribution < -0.4 is 10.6 Å². The van der Waals surface area contributed by atoms with E-state index in [1.54, 1.807) is 11.3 Å². The number of ether oxygens (including phenoxy) is 1. The van der Waals surface area contributed by atoms with Crippen molar-refractivity contribution in [2.24, 2.45) is 0 Å². The van der Waals surface area contributed by atoms with Gasteiger partial charge in [0.25, 0.3) is 5.91 Å². The van der Waals surface area contributed by atoms with Gasteiger partial charge in [0.1, 0.15) is 5.00 Å². The molecule has 3 heterocycles. The number of fused-ring (bicyclic) bond motifs is 2. The van der Waals surface area contributed by atoms with Crippen LogP contribution in [0.15, 0.2) is 30.5 Å². The molecule has 0 unspecified atom stereocenters. The number of hydrogen-bond acceptors (Lipinski definition) is 4. The van der Waals surface area contributed by atoms with Crippen molar-refractivity contribution in [2.75, 3.05) is 18.5 Å². The van der Waals surface area contributed by atoms with Crippen LogP contribution in [-0.4, -0.2) is 36.1 Å². The van der Waals surface area contributed by atoms with Crippen LogP contribution in [0.4, 0.5) is 5.00 Å². The molecule has 0 radical (unpaired) electrons. The van der Waals surface area contributed by atoms with Crippen molar-refractivity contribution in [3.05, 3.63) is 52.0 Å². The lowest BCUT2D eigenvalue weighted by atomic mass is 9.95. The van der Waals surface area contributed by atoms with Crippen molar-refractivity contribution >= 4 is 39.1 Å². The van der Waals surface area contributed by atoms with Gasteiger partial charge in [-0.1, -0.05) is 18.2 Å². The van der Waals surface area contributed by atoms with E-state index in [4.69, 9.17) is 4.74 Å². The molecule has 1 atom stereocenters. The lowest BCUT2D eigenvalue weighted by Crippen LogP contribution is -2.32. The van der Waals surface area contributed by atoms with Gasteiger partial charge in [0.2, 0.25) is 5.91 Å². The lowest BCUT2D eigenvalue weighted by Gasteiger charge is -2.15. The van der Waals surface area contributed by atoms with Gasteiger partial charge in [-0.15, -0.1) is 11.3 Å². The van der Waals surface area contributed by atoms with Gasteiger partial charge in [-0.25, -0.2) is 0 Å². The van der Waals surface area contributed by atoms with E-state index in [1.807, 2.05) is 30.5 Å². The lowest BCUT2D eigenvalue weighted by molar-refractivity contribution is -0.115. The molecule has 31 heavy (non-hydrogen) atoms. The molecule has 6 nitrogen and oxygen atoms in total. The summed E-state index contributed by atoms with van der Waals surface area (Å²) in [4.78, 5) is 30.5. The number of amides is 2. The Kier molecular flexibility index (Phi) is 5.78. The van der Waals surface area contributed by atoms with Gasteiger partial charge in [-0.05, 0) is 55.7 Å². The first kappa shape index (κ1) is 20.3. The third kappa shape index (κ3) is 4.25. The van der Waals surface area contributed by atoms with Gasteiger partial charge in [0.05, 0.1) is 18.1 Å². The van der Waals surface area contributed by atoms with Crippen LogP contribution in [0.5, 0.6) is 0 Å². The topological polar surface area (TPSA) is 83.2 Å². The molecular formula is C24H27N3O3S. The number of benzene rings is 1. The average Bonchev–Trinajstić information content (AvgIpc) is 3.51. The Hall–Kier alpha value is -2.64. The molecule has 2 amide bonds. The predicted molar refractivity (Wildman–Crippen MR) is 123 cm³/mol. The molecule has 0 spiro atoms. The maximum Gasteiger partial charge on any atom is 0.254 e. The fourth-order valence-electron chi connectivity index (χ4n) is 4.62. The Bertz CT molecular complexity index is 1110. The Morgan fingerprint density at radius 3 is 2.90 bits per heavy atom. The van der Waals surface area contributed by atoms with Gasteiger partial charge >= 0.3 is 0 Å². The summed E-state index contributed by atoms with van der Waals surface area (Å²) in [6.07, 6.45) is 8.36. The standard InChI is InChI=1S/C24H27N3O3S/c28-21(12-15-13-25-19-9-3-1-7-17(15)19)27-24-22(18-8-2-4-10-20(18)31-24)23(29)26-14-16-6-5-11-30-16/h1,3,7,9,13,16,25H,2,4-6,8,10-12,14H2,(H,26,29)(H,27,28)/t16-/m0/s1. The molecule has 0 bridgehead atoms. The van der Waals surface area contributed by atoms with E-state index in [1.165, 1.54) is 4.88 Å². The summed E-state index contributed by atoms with van der Waals surface area (Å²) in [5, 5.41) is 7.84. The second kappa shape index (κ2) is 8.85. The zero-order chi connectivity index (χ0) is 21.2. The number of carbonyl (C=O) groups excluding carboxylic acids is 2. The van der Waals surface area contributed by atoms with Crippen molar-refractivity contribution in [1.82, 2.24) is 10.3 Å². The summed E-state index contributed by atoms with van der Waals surface area (Å²) in [6, 6.07) is 7.96. The van der Waals surface area contributed by atoms with E-state index >= 15 is 0 Å². The predicted octanol–water partition coefficient (Wildman–Crippen LogP) is 4.20. The van der Waals surface area contributed by atoms with Crippen LogP contribution in [0.25, 0.3) is 10.9 Å². The highest BCUT2D eigenvalue weighted by Gasteiger charge is 2.27. The number of H-pyrrole nitrogens is 1. The maximum absolute atomic E-state index is 13.1. The van der Waals surface area contributed by atoms with Crippen molar-refractivity contribution in [1.29, 1.82) is 0 Å². The largest absolute Gasteiger partial charge is 0.376 e. The zero-order valence-corrected chi connectivity index (χ0v) is 18.3. The Balaban J connectivity index is 1.34. The minimum Gasteiger partial charge on any atom is -0.376 e.